The van der Waals surface area contributed by atoms with Crippen LogP contribution in [0.4, 0.5) is 4.39 Å². The second kappa shape index (κ2) is 5.16. The van der Waals surface area contributed by atoms with Gasteiger partial charge >= 0.3 is 0 Å². The number of likely N-dealkylation sites (tertiary alicyclic amines) is 1. The Hall–Kier alpha value is -1.91. The first-order valence-electron chi connectivity index (χ1n) is 5.88. The third kappa shape index (κ3) is 2.85. The zero-order valence-corrected chi connectivity index (χ0v) is 9.93. The number of nitrogens with zero attached hydrogens (tertiary/aromatic N) is 1. The van der Waals surface area contributed by atoms with E-state index in [-0.39, 0.29) is 24.1 Å². The lowest BCUT2D eigenvalue weighted by Gasteiger charge is -2.15. The van der Waals surface area contributed by atoms with Crippen LogP contribution in [0, 0.1) is 11.7 Å². The van der Waals surface area contributed by atoms with Crippen LogP contribution in [0.1, 0.15) is 12.0 Å². The number of carbonyl (C=O) groups excluding carboxylic acids is 2. The Morgan fingerprint density at radius 3 is 2.61 bits per heavy atom. The first kappa shape index (κ1) is 12.5. The number of hydrogen-bond acceptors (Lipinski definition) is 2. The number of halogens is 1. The lowest BCUT2D eigenvalue weighted by Crippen LogP contribution is -2.30. The van der Waals surface area contributed by atoms with Gasteiger partial charge in [0.2, 0.25) is 11.8 Å². The zero-order chi connectivity index (χ0) is 13.1. The molecule has 0 spiro atoms. The maximum Gasteiger partial charge on any atom is 0.223 e. The third-order valence-corrected chi connectivity index (χ3v) is 3.20. The van der Waals surface area contributed by atoms with Crippen molar-refractivity contribution in [2.24, 2.45) is 11.7 Å². The van der Waals surface area contributed by atoms with Gasteiger partial charge in [0.05, 0.1) is 5.92 Å². The summed E-state index contributed by atoms with van der Waals surface area (Å²) >= 11 is 0. The molecule has 0 saturated carbocycles. The molecule has 2 amide bonds. The first-order valence-corrected chi connectivity index (χ1v) is 5.88. The molecule has 1 aliphatic heterocycles. The van der Waals surface area contributed by atoms with E-state index in [0.717, 1.165) is 5.56 Å². The fourth-order valence-corrected chi connectivity index (χ4v) is 2.09. The monoisotopic (exact) mass is 250 g/mol. The van der Waals surface area contributed by atoms with Crippen LogP contribution >= 0.6 is 0 Å². The largest absolute Gasteiger partial charge is 0.369 e. The number of nitrogens with two attached hydrogens (primary N) is 1. The molecule has 1 aliphatic rings. The van der Waals surface area contributed by atoms with Crippen molar-refractivity contribution in [1.29, 1.82) is 0 Å². The number of amides is 2. The quantitative estimate of drug-likeness (QED) is 0.855. The van der Waals surface area contributed by atoms with Gasteiger partial charge < -0.3 is 10.6 Å². The summed E-state index contributed by atoms with van der Waals surface area (Å²) in [5.74, 6) is -1.11. The SMILES string of the molecule is NC(=O)[C@@H]1CC(=O)N(CCc2ccc(F)cc2)C1. The van der Waals surface area contributed by atoms with Gasteiger partial charge in [-0.15, -0.1) is 0 Å². The molecule has 0 bridgehead atoms. The predicted molar refractivity (Wildman–Crippen MR) is 64.0 cm³/mol. The first-order chi connectivity index (χ1) is 8.56. The molecular weight excluding hydrogens is 235 g/mol. The Bertz CT molecular complexity index is 459. The van der Waals surface area contributed by atoms with Gasteiger partial charge in [0.1, 0.15) is 5.82 Å². The van der Waals surface area contributed by atoms with Gasteiger partial charge in [0.15, 0.2) is 0 Å². The predicted octanol–water partition coefficient (Wildman–Crippen LogP) is 0.702. The smallest absolute Gasteiger partial charge is 0.223 e. The second-order valence-corrected chi connectivity index (χ2v) is 4.52. The molecular formula is C13H15FN2O2. The van der Waals surface area contributed by atoms with Gasteiger partial charge in [-0.1, -0.05) is 12.1 Å². The van der Waals surface area contributed by atoms with Crippen LogP contribution in [-0.4, -0.2) is 29.8 Å². The molecule has 1 aromatic rings. The van der Waals surface area contributed by atoms with E-state index < -0.39 is 5.91 Å². The summed E-state index contributed by atoms with van der Waals surface area (Å²) in [6.45, 7) is 0.934. The van der Waals surface area contributed by atoms with E-state index in [0.29, 0.717) is 19.5 Å². The van der Waals surface area contributed by atoms with Crippen molar-refractivity contribution >= 4 is 11.8 Å². The lowest BCUT2D eigenvalue weighted by atomic mass is 10.1. The average Bonchev–Trinajstić information content (AvgIpc) is 2.70. The van der Waals surface area contributed by atoms with E-state index in [4.69, 9.17) is 5.73 Å². The third-order valence-electron chi connectivity index (χ3n) is 3.20. The highest BCUT2D eigenvalue weighted by molar-refractivity contribution is 5.88. The maximum atomic E-state index is 12.7. The molecule has 1 saturated heterocycles. The van der Waals surface area contributed by atoms with Crippen LogP contribution in [-0.2, 0) is 16.0 Å². The molecule has 2 N–H and O–H groups in total. The standard InChI is InChI=1S/C13H15FN2O2/c14-11-3-1-9(2-4-11)5-6-16-8-10(13(15)18)7-12(16)17/h1-4,10H,5-8H2,(H2,15,18)/t10-/m1/s1. The lowest BCUT2D eigenvalue weighted by molar-refractivity contribution is -0.128. The van der Waals surface area contributed by atoms with E-state index in [1.807, 2.05) is 0 Å². The molecule has 0 aliphatic carbocycles. The molecule has 18 heavy (non-hydrogen) atoms. The Kier molecular flexibility index (Phi) is 3.60. The maximum absolute atomic E-state index is 12.7. The number of benzene rings is 1. The van der Waals surface area contributed by atoms with E-state index >= 15 is 0 Å². The molecule has 1 atom stereocenters. The average molecular weight is 250 g/mol. The Balaban J connectivity index is 1.89. The number of hydrogen-bond donors (Lipinski definition) is 1. The van der Waals surface area contributed by atoms with Gasteiger partial charge in [-0.3, -0.25) is 9.59 Å². The molecule has 96 valence electrons. The van der Waals surface area contributed by atoms with E-state index in [2.05, 4.69) is 0 Å². The zero-order valence-electron chi connectivity index (χ0n) is 9.93. The summed E-state index contributed by atoms with van der Waals surface area (Å²) in [5, 5.41) is 0. The van der Waals surface area contributed by atoms with Crippen LogP contribution in [0.3, 0.4) is 0 Å². The minimum atomic E-state index is -0.423. The van der Waals surface area contributed by atoms with Gasteiger partial charge in [-0.2, -0.15) is 0 Å². The van der Waals surface area contributed by atoms with E-state index in [9.17, 15) is 14.0 Å². The van der Waals surface area contributed by atoms with E-state index in [1.54, 1.807) is 17.0 Å². The molecule has 0 unspecified atom stereocenters. The van der Waals surface area contributed by atoms with Crippen LogP contribution in [0.5, 0.6) is 0 Å². The van der Waals surface area contributed by atoms with Crippen molar-refractivity contribution in [2.45, 2.75) is 12.8 Å². The van der Waals surface area contributed by atoms with Crippen molar-refractivity contribution < 1.29 is 14.0 Å². The minimum absolute atomic E-state index is 0.0408. The minimum Gasteiger partial charge on any atom is -0.369 e. The van der Waals surface area contributed by atoms with E-state index in [1.165, 1.54) is 12.1 Å². The molecule has 5 heteroatoms. The van der Waals surface area contributed by atoms with Crippen molar-refractivity contribution in [3.8, 4) is 0 Å². The highest BCUT2D eigenvalue weighted by atomic mass is 19.1. The molecule has 0 aromatic heterocycles. The molecule has 1 heterocycles. The Morgan fingerprint density at radius 2 is 2.06 bits per heavy atom. The van der Waals surface area contributed by atoms with Crippen molar-refractivity contribution in [3.05, 3.63) is 35.6 Å². The topological polar surface area (TPSA) is 63.4 Å². The van der Waals surface area contributed by atoms with Crippen LogP contribution in [0.25, 0.3) is 0 Å². The summed E-state index contributed by atoms with van der Waals surface area (Å²) in [5.41, 5.74) is 6.15. The fourth-order valence-electron chi connectivity index (χ4n) is 2.09. The molecule has 2 rings (SSSR count). The summed E-state index contributed by atoms with van der Waals surface area (Å²) in [6, 6.07) is 6.18. The van der Waals surface area contributed by atoms with Crippen molar-refractivity contribution in [2.75, 3.05) is 13.1 Å². The van der Waals surface area contributed by atoms with Gasteiger partial charge in [0, 0.05) is 19.5 Å². The summed E-state index contributed by atoms with van der Waals surface area (Å²) in [6.07, 6.45) is 0.857. The van der Waals surface area contributed by atoms with Crippen LogP contribution in [0.15, 0.2) is 24.3 Å². The normalized spacial score (nSPS) is 19.3. The molecule has 1 fully saturated rings. The summed E-state index contributed by atoms with van der Waals surface area (Å²) in [7, 11) is 0. The molecule has 4 nitrogen and oxygen atoms in total. The van der Waals surface area contributed by atoms with Crippen molar-refractivity contribution in [1.82, 2.24) is 4.90 Å². The number of rotatable bonds is 4. The van der Waals surface area contributed by atoms with Gasteiger partial charge in [-0.05, 0) is 24.1 Å². The van der Waals surface area contributed by atoms with Crippen LogP contribution in [0.2, 0.25) is 0 Å². The fraction of sp³-hybridized carbons (Fsp3) is 0.385. The molecule has 1 aromatic carbocycles. The summed E-state index contributed by atoms with van der Waals surface area (Å²) < 4.78 is 12.7. The second-order valence-electron chi connectivity index (χ2n) is 4.52. The van der Waals surface area contributed by atoms with Gasteiger partial charge in [0.25, 0.3) is 0 Å². The molecule has 0 radical (unpaired) electrons. The highest BCUT2D eigenvalue weighted by Crippen LogP contribution is 2.17. The highest BCUT2D eigenvalue weighted by Gasteiger charge is 2.32. The summed E-state index contributed by atoms with van der Waals surface area (Å²) in [4.78, 5) is 24.3. The van der Waals surface area contributed by atoms with Gasteiger partial charge in [-0.25, -0.2) is 4.39 Å². The number of carbonyl (C=O) groups is 2. The number of primary amides is 1. The van der Waals surface area contributed by atoms with Crippen LogP contribution < -0.4 is 5.73 Å². The van der Waals surface area contributed by atoms with Crippen molar-refractivity contribution in [3.63, 3.8) is 0 Å². The Morgan fingerprint density at radius 1 is 1.39 bits per heavy atom. The Labute approximate surface area is 105 Å².